The van der Waals surface area contributed by atoms with E-state index >= 15 is 0 Å². The second-order valence-corrected chi connectivity index (χ2v) is 5.60. The molecule has 5 heteroatoms. The number of pyridine rings is 1. The van der Waals surface area contributed by atoms with Gasteiger partial charge in [0.2, 0.25) is 5.91 Å². The first kappa shape index (κ1) is 12.4. The zero-order valence-corrected chi connectivity index (χ0v) is 11.1. The molecular formula is C16H12F2N2O. The van der Waals surface area contributed by atoms with Crippen LogP contribution in [0, 0.1) is 0 Å². The average molecular weight is 286 g/mol. The number of nitrogens with one attached hydrogen (secondary N) is 1. The molecule has 1 aliphatic heterocycles. The summed E-state index contributed by atoms with van der Waals surface area (Å²) in [5, 5.41) is 2.89. The molecule has 106 valence electrons. The van der Waals surface area contributed by atoms with Crippen LogP contribution in [0.25, 0.3) is 11.1 Å². The number of amides is 1. The Morgan fingerprint density at radius 2 is 1.95 bits per heavy atom. The van der Waals surface area contributed by atoms with E-state index in [0.717, 1.165) is 29.7 Å². The standard InChI is InChI=1S/C16H12F2N2O/c17-14(18)11-5-10(7-19-8-11)9-1-2-12-13(6-9)20-15(21)16(12)3-4-16/h1-2,5-8,14H,3-4H2,(H,20,21). The van der Waals surface area contributed by atoms with Gasteiger partial charge in [-0.25, -0.2) is 8.78 Å². The molecule has 2 heterocycles. The third-order valence-electron chi connectivity index (χ3n) is 4.31. The van der Waals surface area contributed by atoms with Crippen molar-refractivity contribution in [3.8, 4) is 11.1 Å². The van der Waals surface area contributed by atoms with Gasteiger partial charge in [-0.2, -0.15) is 0 Å². The van der Waals surface area contributed by atoms with Crippen LogP contribution in [0.2, 0.25) is 0 Å². The minimum Gasteiger partial charge on any atom is -0.325 e. The van der Waals surface area contributed by atoms with Crippen LogP contribution in [0.15, 0.2) is 36.7 Å². The second-order valence-electron chi connectivity index (χ2n) is 5.60. The maximum Gasteiger partial charge on any atom is 0.265 e. The van der Waals surface area contributed by atoms with Crippen molar-refractivity contribution in [2.45, 2.75) is 24.7 Å². The van der Waals surface area contributed by atoms with Gasteiger partial charge in [-0.05, 0) is 36.1 Å². The molecule has 1 amide bonds. The van der Waals surface area contributed by atoms with Crippen molar-refractivity contribution in [1.82, 2.24) is 4.98 Å². The van der Waals surface area contributed by atoms with E-state index in [4.69, 9.17) is 0 Å². The predicted molar refractivity (Wildman–Crippen MR) is 74.2 cm³/mol. The Balaban J connectivity index is 1.77. The van der Waals surface area contributed by atoms with Crippen molar-refractivity contribution in [3.63, 3.8) is 0 Å². The van der Waals surface area contributed by atoms with E-state index in [1.165, 1.54) is 12.3 Å². The van der Waals surface area contributed by atoms with Gasteiger partial charge in [0.05, 0.1) is 5.41 Å². The number of aromatic nitrogens is 1. The molecular weight excluding hydrogens is 274 g/mol. The first-order valence-electron chi connectivity index (χ1n) is 6.80. The zero-order valence-electron chi connectivity index (χ0n) is 11.1. The van der Waals surface area contributed by atoms with Gasteiger partial charge in [0, 0.05) is 29.2 Å². The summed E-state index contributed by atoms with van der Waals surface area (Å²) in [4.78, 5) is 15.8. The third-order valence-corrected chi connectivity index (χ3v) is 4.31. The van der Waals surface area contributed by atoms with Crippen LogP contribution in [0.4, 0.5) is 14.5 Å². The average Bonchev–Trinajstić information content (AvgIpc) is 3.23. The first-order chi connectivity index (χ1) is 10.1. The highest BCUT2D eigenvalue weighted by Gasteiger charge is 2.56. The van der Waals surface area contributed by atoms with E-state index in [1.807, 2.05) is 18.2 Å². The van der Waals surface area contributed by atoms with Crippen molar-refractivity contribution >= 4 is 11.6 Å². The fraction of sp³-hybridized carbons (Fsp3) is 0.250. The summed E-state index contributed by atoms with van der Waals surface area (Å²) in [6.07, 6.45) is 1.95. The lowest BCUT2D eigenvalue weighted by Gasteiger charge is -2.08. The van der Waals surface area contributed by atoms with Gasteiger partial charge in [0.25, 0.3) is 6.43 Å². The van der Waals surface area contributed by atoms with Gasteiger partial charge in [0.1, 0.15) is 0 Å². The summed E-state index contributed by atoms with van der Waals surface area (Å²) in [7, 11) is 0. The summed E-state index contributed by atoms with van der Waals surface area (Å²) in [6, 6.07) is 7.06. The van der Waals surface area contributed by atoms with E-state index < -0.39 is 6.43 Å². The van der Waals surface area contributed by atoms with Gasteiger partial charge in [0.15, 0.2) is 0 Å². The summed E-state index contributed by atoms with van der Waals surface area (Å²) in [6.45, 7) is 0. The summed E-state index contributed by atoms with van der Waals surface area (Å²) < 4.78 is 25.5. The van der Waals surface area contributed by atoms with Crippen molar-refractivity contribution in [2.24, 2.45) is 0 Å². The Morgan fingerprint density at radius 3 is 2.67 bits per heavy atom. The molecule has 2 aliphatic rings. The van der Waals surface area contributed by atoms with Crippen molar-refractivity contribution in [2.75, 3.05) is 5.32 Å². The lowest BCUT2D eigenvalue weighted by molar-refractivity contribution is -0.117. The number of anilines is 1. The van der Waals surface area contributed by atoms with Gasteiger partial charge >= 0.3 is 0 Å². The molecule has 1 aliphatic carbocycles. The molecule has 1 saturated carbocycles. The maximum atomic E-state index is 12.7. The van der Waals surface area contributed by atoms with E-state index in [0.29, 0.717) is 5.56 Å². The zero-order chi connectivity index (χ0) is 14.6. The van der Waals surface area contributed by atoms with Gasteiger partial charge in [-0.15, -0.1) is 0 Å². The number of benzene rings is 1. The summed E-state index contributed by atoms with van der Waals surface area (Å²) in [5.41, 5.74) is 2.79. The number of fused-ring (bicyclic) bond motifs is 2. The van der Waals surface area contributed by atoms with Gasteiger partial charge in [-0.1, -0.05) is 12.1 Å². The van der Waals surface area contributed by atoms with E-state index in [1.54, 1.807) is 6.20 Å². The lowest BCUT2D eigenvalue weighted by atomic mass is 9.95. The molecule has 2 aromatic rings. The molecule has 21 heavy (non-hydrogen) atoms. The highest BCUT2D eigenvalue weighted by molar-refractivity contribution is 6.08. The first-order valence-corrected chi connectivity index (χ1v) is 6.80. The van der Waals surface area contributed by atoms with Crippen LogP contribution in [-0.2, 0) is 10.2 Å². The van der Waals surface area contributed by atoms with Gasteiger partial charge < -0.3 is 5.32 Å². The minimum atomic E-state index is -2.54. The van der Waals surface area contributed by atoms with Crippen LogP contribution in [-0.4, -0.2) is 10.9 Å². The van der Waals surface area contributed by atoms with E-state index in [9.17, 15) is 13.6 Å². The predicted octanol–water partition coefficient (Wildman–Crippen LogP) is 3.67. The number of alkyl halides is 2. The number of carbonyl (C=O) groups is 1. The Kier molecular flexibility index (Phi) is 2.43. The molecule has 0 bridgehead atoms. The number of hydrogen-bond acceptors (Lipinski definition) is 2. The molecule has 3 nitrogen and oxygen atoms in total. The van der Waals surface area contributed by atoms with Crippen molar-refractivity contribution in [1.29, 1.82) is 0 Å². The second kappa shape index (κ2) is 4.10. The highest BCUT2D eigenvalue weighted by atomic mass is 19.3. The van der Waals surface area contributed by atoms with Crippen LogP contribution >= 0.6 is 0 Å². The molecule has 0 radical (unpaired) electrons. The maximum absolute atomic E-state index is 12.7. The molecule has 1 aromatic heterocycles. The SMILES string of the molecule is O=C1Nc2cc(-c3cncc(C(F)F)c3)ccc2C12CC2. The Bertz CT molecular complexity index is 754. The molecule has 0 atom stereocenters. The number of hydrogen-bond donors (Lipinski definition) is 1. The quantitative estimate of drug-likeness (QED) is 0.915. The third kappa shape index (κ3) is 1.77. The van der Waals surface area contributed by atoms with Crippen molar-refractivity contribution < 1.29 is 13.6 Å². The number of nitrogens with zero attached hydrogens (tertiary/aromatic N) is 1. The van der Waals surface area contributed by atoms with Crippen molar-refractivity contribution in [3.05, 3.63) is 47.8 Å². The molecule has 1 N–H and O–H groups in total. The van der Waals surface area contributed by atoms with E-state index in [-0.39, 0.29) is 16.9 Å². The minimum absolute atomic E-state index is 0.0501. The lowest BCUT2D eigenvalue weighted by Crippen LogP contribution is -2.18. The Hall–Kier alpha value is -2.30. The van der Waals surface area contributed by atoms with Gasteiger partial charge in [-0.3, -0.25) is 9.78 Å². The van der Waals surface area contributed by atoms with Crippen LogP contribution in [0.3, 0.4) is 0 Å². The number of carbonyl (C=O) groups excluding carboxylic acids is 1. The van der Waals surface area contributed by atoms with Crippen LogP contribution in [0.5, 0.6) is 0 Å². The normalized spacial score (nSPS) is 18.0. The smallest absolute Gasteiger partial charge is 0.265 e. The molecule has 1 fully saturated rings. The topological polar surface area (TPSA) is 42.0 Å². The Labute approximate surface area is 120 Å². The molecule has 4 rings (SSSR count). The molecule has 1 spiro atoms. The van der Waals surface area contributed by atoms with E-state index in [2.05, 4.69) is 10.3 Å². The monoisotopic (exact) mass is 286 g/mol. The number of halogens is 2. The molecule has 0 saturated heterocycles. The highest BCUT2D eigenvalue weighted by Crippen LogP contribution is 2.55. The fourth-order valence-corrected chi connectivity index (χ4v) is 2.97. The fourth-order valence-electron chi connectivity index (χ4n) is 2.97. The number of rotatable bonds is 2. The summed E-state index contributed by atoms with van der Waals surface area (Å²) in [5.74, 6) is 0.0501. The summed E-state index contributed by atoms with van der Waals surface area (Å²) >= 11 is 0. The van der Waals surface area contributed by atoms with Crippen LogP contribution < -0.4 is 5.32 Å². The Morgan fingerprint density at radius 1 is 1.14 bits per heavy atom. The van der Waals surface area contributed by atoms with Crippen LogP contribution in [0.1, 0.15) is 30.4 Å². The largest absolute Gasteiger partial charge is 0.325 e. The molecule has 0 unspecified atom stereocenters. The molecule has 1 aromatic carbocycles.